The van der Waals surface area contributed by atoms with Crippen molar-refractivity contribution in [2.24, 2.45) is 5.92 Å². The van der Waals surface area contributed by atoms with Gasteiger partial charge in [0.25, 0.3) is 0 Å². The maximum Gasteiger partial charge on any atom is 0.242 e. The van der Waals surface area contributed by atoms with E-state index < -0.39 is 0 Å². The van der Waals surface area contributed by atoms with Crippen molar-refractivity contribution in [3.05, 3.63) is 16.1 Å². The number of aromatic nitrogens is 1. The molecule has 1 fully saturated rings. The largest absolute Gasteiger partial charge is 0.347 e. The number of rotatable bonds is 6. The zero-order chi connectivity index (χ0) is 17.5. The average Bonchev–Trinajstić information content (AvgIpc) is 2.84. The third-order valence-electron chi connectivity index (χ3n) is 4.47. The zero-order valence-corrected chi connectivity index (χ0v) is 15.7. The van der Waals surface area contributed by atoms with Crippen LogP contribution in [0.3, 0.4) is 0 Å². The van der Waals surface area contributed by atoms with E-state index in [0.717, 1.165) is 49.7 Å². The molecule has 1 N–H and O–H groups in total. The summed E-state index contributed by atoms with van der Waals surface area (Å²) in [5.74, 6) is -0.0711. The van der Waals surface area contributed by atoms with Gasteiger partial charge in [-0.3, -0.25) is 14.5 Å². The Labute approximate surface area is 148 Å². The Morgan fingerprint density at radius 2 is 2.12 bits per heavy atom. The lowest BCUT2D eigenvalue weighted by Gasteiger charge is -2.22. The van der Waals surface area contributed by atoms with Crippen LogP contribution in [0, 0.1) is 12.8 Å². The number of nitrogens with zero attached hydrogens (tertiary/aromatic N) is 3. The fourth-order valence-corrected chi connectivity index (χ4v) is 3.33. The summed E-state index contributed by atoms with van der Waals surface area (Å²) in [6.45, 7) is 10.1. The minimum Gasteiger partial charge on any atom is -0.347 e. The lowest BCUT2D eigenvalue weighted by molar-refractivity contribution is -0.133. The molecule has 2 heterocycles. The second-order valence-electron chi connectivity index (χ2n) is 6.40. The highest BCUT2D eigenvalue weighted by molar-refractivity contribution is 7.09. The van der Waals surface area contributed by atoms with Gasteiger partial charge in [0.15, 0.2) is 0 Å². The maximum atomic E-state index is 12.3. The number of hydrogen-bond acceptors (Lipinski definition) is 5. The molecule has 7 heteroatoms. The first-order valence-corrected chi connectivity index (χ1v) is 9.56. The van der Waals surface area contributed by atoms with E-state index in [1.54, 1.807) is 11.3 Å². The predicted molar refractivity (Wildman–Crippen MR) is 95.8 cm³/mol. The molecule has 2 rings (SSSR count). The van der Waals surface area contributed by atoms with E-state index in [4.69, 9.17) is 0 Å². The van der Waals surface area contributed by atoms with Crippen LogP contribution < -0.4 is 5.32 Å². The quantitative estimate of drug-likeness (QED) is 0.845. The molecule has 6 nitrogen and oxygen atoms in total. The van der Waals surface area contributed by atoms with E-state index in [1.807, 2.05) is 25.7 Å². The Morgan fingerprint density at radius 3 is 2.79 bits per heavy atom. The van der Waals surface area contributed by atoms with Gasteiger partial charge < -0.3 is 10.2 Å². The summed E-state index contributed by atoms with van der Waals surface area (Å²) in [5, 5.41) is 5.95. The predicted octanol–water partition coefficient (Wildman–Crippen LogP) is 1.65. The van der Waals surface area contributed by atoms with Crippen LogP contribution in [0.2, 0.25) is 0 Å². The van der Waals surface area contributed by atoms with Gasteiger partial charge in [-0.2, -0.15) is 0 Å². The lowest BCUT2D eigenvalue weighted by atomic mass is 10.1. The van der Waals surface area contributed by atoms with Crippen LogP contribution in [-0.2, 0) is 16.1 Å². The van der Waals surface area contributed by atoms with Gasteiger partial charge in [-0.1, -0.05) is 13.8 Å². The SMILES string of the molecule is CCC(C)C(=O)NCC(=O)N1CCCN(Cc2csc(C)n2)CC1. The third-order valence-corrected chi connectivity index (χ3v) is 5.29. The second-order valence-corrected chi connectivity index (χ2v) is 7.46. The minimum absolute atomic E-state index is 0.0120. The molecule has 0 aromatic carbocycles. The first-order chi connectivity index (χ1) is 11.5. The molecular formula is C17H28N4O2S. The summed E-state index contributed by atoms with van der Waals surface area (Å²) in [6.07, 6.45) is 1.74. The molecule has 1 aliphatic heterocycles. The van der Waals surface area contributed by atoms with E-state index in [0.29, 0.717) is 6.54 Å². The molecule has 0 spiro atoms. The highest BCUT2D eigenvalue weighted by Gasteiger charge is 2.20. The van der Waals surface area contributed by atoms with E-state index in [1.165, 1.54) is 0 Å². The molecule has 0 radical (unpaired) electrons. The number of amides is 2. The lowest BCUT2D eigenvalue weighted by Crippen LogP contribution is -2.43. The second kappa shape index (κ2) is 9.13. The maximum absolute atomic E-state index is 12.3. The number of thiazole rings is 1. The monoisotopic (exact) mass is 352 g/mol. The van der Waals surface area contributed by atoms with Crippen molar-refractivity contribution in [2.45, 2.75) is 40.2 Å². The molecule has 0 saturated carbocycles. The fourth-order valence-electron chi connectivity index (χ4n) is 2.72. The molecule has 24 heavy (non-hydrogen) atoms. The van der Waals surface area contributed by atoms with Gasteiger partial charge in [0, 0.05) is 44.0 Å². The van der Waals surface area contributed by atoms with Gasteiger partial charge >= 0.3 is 0 Å². The van der Waals surface area contributed by atoms with Crippen molar-refractivity contribution >= 4 is 23.2 Å². The molecule has 1 aliphatic rings. The Morgan fingerprint density at radius 1 is 1.33 bits per heavy atom. The summed E-state index contributed by atoms with van der Waals surface area (Å²) in [4.78, 5) is 32.8. The molecule has 134 valence electrons. The van der Waals surface area contributed by atoms with Crippen molar-refractivity contribution in [3.8, 4) is 0 Å². The molecular weight excluding hydrogens is 324 g/mol. The van der Waals surface area contributed by atoms with Crippen molar-refractivity contribution in [2.75, 3.05) is 32.7 Å². The van der Waals surface area contributed by atoms with Crippen molar-refractivity contribution in [1.82, 2.24) is 20.1 Å². The third kappa shape index (κ3) is 5.56. The van der Waals surface area contributed by atoms with Crippen molar-refractivity contribution < 1.29 is 9.59 Å². The Hall–Kier alpha value is -1.47. The highest BCUT2D eigenvalue weighted by atomic mass is 32.1. The molecule has 0 bridgehead atoms. The van der Waals surface area contributed by atoms with Crippen LogP contribution in [0.25, 0.3) is 0 Å². The molecule has 2 amide bonds. The smallest absolute Gasteiger partial charge is 0.242 e. The number of aryl methyl sites for hydroxylation is 1. The molecule has 1 saturated heterocycles. The normalized spacial score (nSPS) is 17.4. The van der Waals surface area contributed by atoms with Crippen LogP contribution in [0.4, 0.5) is 0 Å². The Kier molecular flexibility index (Phi) is 7.17. The summed E-state index contributed by atoms with van der Waals surface area (Å²) >= 11 is 1.67. The Bertz CT molecular complexity index is 561. The topological polar surface area (TPSA) is 65.5 Å². The van der Waals surface area contributed by atoms with Gasteiger partial charge in [0.05, 0.1) is 17.2 Å². The Balaban J connectivity index is 1.77. The molecule has 1 unspecified atom stereocenters. The first kappa shape index (κ1) is 18.9. The minimum atomic E-state index is -0.0426. The van der Waals surface area contributed by atoms with E-state index in [9.17, 15) is 9.59 Å². The van der Waals surface area contributed by atoms with E-state index in [-0.39, 0.29) is 24.3 Å². The van der Waals surface area contributed by atoms with Gasteiger partial charge in [0.1, 0.15) is 0 Å². The van der Waals surface area contributed by atoms with Crippen LogP contribution in [0.15, 0.2) is 5.38 Å². The van der Waals surface area contributed by atoms with Crippen LogP contribution in [0.5, 0.6) is 0 Å². The number of carbonyl (C=O) groups is 2. The molecule has 1 atom stereocenters. The zero-order valence-electron chi connectivity index (χ0n) is 14.9. The van der Waals surface area contributed by atoms with Gasteiger partial charge in [-0.25, -0.2) is 4.98 Å². The number of carbonyl (C=O) groups excluding carboxylic acids is 2. The summed E-state index contributed by atoms with van der Waals surface area (Å²) in [7, 11) is 0. The van der Waals surface area contributed by atoms with Crippen LogP contribution in [0.1, 0.15) is 37.4 Å². The van der Waals surface area contributed by atoms with E-state index >= 15 is 0 Å². The van der Waals surface area contributed by atoms with Crippen LogP contribution in [-0.4, -0.2) is 59.3 Å². The molecule has 1 aromatic rings. The van der Waals surface area contributed by atoms with Gasteiger partial charge in [-0.15, -0.1) is 11.3 Å². The van der Waals surface area contributed by atoms with E-state index in [2.05, 4.69) is 20.6 Å². The summed E-state index contributed by atoms with van der Waals surface area (Å²) in [5.41, 5.74) is 1.11. The number of nitrogens with one attached hydrogen (secondary N) is 1. The summed E-state index contributed by atoms with van der Waals surface area (Å²) < 4.78 is 0. The average molecular weight is 353 g/mol. The summed E-state index contributed by atoms with van der Waals surface area (Å²) in [6, 6.07) is 0. The van der Waals surface area contributed by atoms with Gasteiger partial charge in [-0.05, 0) is 19.8 Å². The molecule has 0 aliphatic carbocycles. The van der Waals surface area contributed by atoms with Gasteiger partial charge in [0.2, 0.25) is 11.8 Å². The van der Waals surface area contributed by atoms with Crippen molar-refractivity contribution in [1.29, 1.82) is 0 Å². The fraction of sp³-hybridized carbons (Fsp3) is 0.706. The highest BCUT2D eigenvalue weighted by Crippen LogP contribution is 2.12. The molecule has 1 aromatic heterocycles. The first-order valence-electron chi connectivity index (χ1n) is 8.68. The standard InChI is InChI=1S/C17H28N4O2S/c1-4-13(2)17(23)18-10-16(22)21-7-5-6-20(8-9-21)11-15-12-24-14(3)19-15/h12-13H,4-11H2,1-3H3,(H,18,23). The van der Waals surface area contributed by atoms with Crippen LogP contribution >= 0.6 is 11.3 Å². The van der Waals surface area contributed by atoms with Crippen molar-refractivity contribution in [3.63, 3.8) is 0 Å². The number of hydrogen-bond donors (Lipinski definition) is 1.